The molecule has 0 bridgehead atoms. The first-order valence-electron chi connectivity index (χ1n) is 6.85. The molecule has 0 aromatic heterocycles. The molecule has 0 unspecified atom stereocenters. The monoisotopic (exact) mass is 258 g/mol. The van der Waals surface area contributed by atoms with Gasteiger partial charge in [-0.15, -0.1) is 6.58 Å². The molecule has 0 fully saturated rings. The van der Waals surface area contributed by atoms with Gasteiger partial charge in [0.05, 0.1) is 6.04 Å². The molecule has 1 aromatic rings. The van der Waals surface area contributed by atoms with E-state index in [0.717, 1.165) is 13.0 Å². The Labute approximate surface area is 115 Å². The van der Waals surface area contributed by atoms with Crippen LogP contribution in [0.3, 0.4) is 0 Å². The molecule has 1 atom stereocenters. The lowest BCUT2D eigenvalue weighted by Crippen LogP contribution is -2.51. The first kappa shape index (κ1) is 13.8. The molecule has 0 saturated heterocycles. The van der Waals surface area contributed by atoms with Crippen molar-refractivity contribution in [3.63, 3.8) is 0 Å². The van der Waals surface area contributed by atoms with Gasteiger partial charge < -0.3 is 10.2 Å². The largest absolute Gasteiger partial charge is 0.335 e. The van der Waals surface area contributed by atoms with Crippen LogP contribution in [0.15, 0.2) is 36.9 Å². The maximum atomic E-state index is 12.6. The molecule has 1 N–H and O–H groups in total. The molecule has 1 aliphatic rings. The Morgan fingerprint density at radius 1 is 1.47 bits per heavy atom. The molecule has 0 radical (unpaired) electrons. The zero-order valence-corrected chi connectivity index (χ0v) is 11.7. The Balaban J connectivity index is 2.11. The molecular formula is C16H22N2O. The Morgan fingerprint density at radius 3 is 2.79 bits per heavy atom. The van der Waals surface area contributed by atoms with Crippen molar-refractivity contribution in [2.24, 2.45) is 0 Å². The third-order valence-electron chi connectivity index (χ3n) is 3.61. The second kappa shape index (κ2) is 6.02. The molecule has 2 rings (SSSR count). The smallest absolute Gasteiger partial charge is 0.240 e. The van der Waals surface area contributed by atoms with Gasteiger partial charge >= 0.3 is 0 Å². The third-order valence-corrected chi connectivity index (χ3v) is 3.61. The minimum Gasteiger partial charge on any atom is -0.335 e. The van der Waals surface area contributed by atoms with E-state index < -0.39 is 0 Å². The third kappa shape index (κ3) is 3.04. The predicted octanol–water partition coefficient (Wildman–Crippen LogP) is 2.12. The van der Waals surface area contributed by atoms with E-state index in [0.29, 0.717) is 6.54 Å². The highest BCUT2D eigenvalue weighted by molar-refractivity contribution is 5.83. The van der Waals surface area contributed by atoms with E-state index in [1.54, 1.807) is 6.08 Å². The summed E-state index contributed by atoms with van der Waals surface area (Å²) in [6.45, 7) is 9.19. The van der Waals surface area contributed by atoms with Crippen LogP contribution in [0.4, 0.5) is 0 Å². The summed E-state index contributed by atoms with van der Waals surface area (Å²) < 4.78 is 0. The summed E-state index contributed by atoms with van der Waals surface area (Å²) in [6, 6.07) is 8.40. The lowest BCUT2D eigenvalue weighted by Gasteiger charge is -2.32. The molecule has 0 spiro atoms. The van der Waals surface area contributed by atoms with Crippen LogP contribution in [0.1, 0.15) is 25.0 Å². The first-order valence-corrected chi connectivity index (χ1v) is 6.85. The molecule has 3 nitrogen and oxygen atoms in total. The molecular weight excluding hydrogens is 236 g/mol. The number of nitrogens with zero attached hydrogens (tertiary/aromatic N) is 1. The van der Waals surface area contributed by atoms with Crippen molar-refractivity contribution in [1.29, 1.82) is 0 Å². The van der Waals surface area contributed by atoms with Crippen molar-refractivity contribution in [2.45, 2.75) is 38.9 Å². The zero-order valence-electron chi connectivity index (χ0n) is 11.7. The van der Waals surface area contributed by atoms with Crippen molar-refractivity contribution in [2.75, 3.05) is 6.54 Å². The number of nitrogens with one attached hydrogen (secondary N) is 1. The summed E-state index contributed by atoms with van der Waals surface area (Å²) in [7, 11) is 0. The highest BCUT2D eigenvalue weighted by Crippen LogP contribution is 2.18. The summed E-state index contributed by atoms with van der Waals surface area (Å²) in [5.41, 5.74) is 2.58. The zero-order chi connectivity index (χ0) is 13.8. The van der Waals surface area contributed by atoms with Crippen LogP contribution in [0, 0.1) is 0 Å². The van der Waals surface area contributed by atoms with E-state index in [-0.39, 0.29) is 18.0 Å². The SMILES string of the molecule is C=CCN(C(=O)[C@@H]1Cc2ccccc2CN1)C(C)C. The molecule has 1 amide bonds. The van der Waals surface area contributed by atoms with Crippen LogP contribution in [0.5, 0.6) is 0 Å². The van der Waals surface area contributed by atoms with Crippen LogP contribution in [-0.4, -0.2) is 29.4 Å². The number of rotatable bonds is 4. The summed E-state index contributed by atoms with van der Waals surface area (Å²) in [5, 5.41) is 3.34. The van der Waals surface area contributed by atoms with Crippen molar-refractivity contribution < 1.29 is 4.79 Å². The fourth-order valence-corrected chi connectivity index (χ4v) is 2.52. The fourth-order valence-electron chi connectivity index (χ4n) is 2.52. The van der Waals surface area contributed by atoms with Crippen LogP contribution >= 0.6 is 0 Å². The second-order valence-corrected chi connectivity index (χ2v) is 5.28. The molecule has 19 heavy (non-hydrogen) atoms. The molecule has 1 aliphatic heterocycles. The fraction of sp³-hybridized carbons (Fsp3) is 0.438. The average Bonchev–Trinajstić information content (AvgIpc) is 2.43. The summed E-state index contributed by atoms with van der Waals surface area (Å²) in [4.78, 5) is 14.4. The molecule has 0 aliphatic carbocycles. The number of hydrogen-bond donors (Lipinski definition) is 1. The molecule has 1 aromatic carbocycles. The van der Waals surface area contributed by atoms with E-state index in [4.69, 9.17) is 0 Å². The topological polar surface area (TPSA) is 32.3 Å². The van der Waals surface area contributed by atoms with Crippen molar-refractivity contribution in [1.82, 2.24) is 10.2 Å². The van der Waals surface area contributed by atoms with Gasteiger partial charge in [-0.05, 0) is 31.4 Å². The lowest BCUT2D eigenvalue weighted by atomic mass is 9.95. The maximum Gasteiger partial charge on any atom is 0.240 e. The van der Waals surface area contributed by atoms with Gasteiger partial charge in [-0.1, -0.05) is 30.3 Å². The van der Waals surface area contributed by atoms with Crippen LogP contribution in [0.2, 0.25) is 0 Å². The number of carbonyl (C=O) groups is 1. The van der Waals surface area contributed by atoms with E-state index in [2.05, 4.69) is 24.0 Å². The van der Waals surface area contributed by atoms with Crippen LogP contribution < -0.4 is 5.32 Å². The Morgan fingerprint density at radius 2 is 2.16 bits per heavy atom. The second-order valence-electron chi connectivity index (χ2n) is 5.28. The Kier molecular flexibility index (Phi) is 4.38. The van der Waals surface area contributed by atoms with Crippen molar-refractivity contribution >= 4 is 5.91 Å². The Hall–Kier alpha value is -1.61. The number of amides is 1. The highest BCUT2D eigenvalue weighted by Gasteiger charge is 2.28. The standard InChI is InChI=1S/C16H22N2O/c1-4-9-18(12(2)3)16(19)15-10-13-7-5-6-8-14(13)11-17-15/h4-8,12,15,17H,1,9-11H2,2-3H3/t15-/m0/s1. The Bertz CT molecular complexity index is 468. The molecule has 3 heteroatoms. The van der Waals surface area contributed by atoms with E-state index in [9.17, 15) is 4.79 Å². The van der Waals surface area contributed by atoms with Gasteiger partial charge in [0.2, 0.25) is 5.91 Å². The minimum absolute atomic E-state index is 0.114. The lowest BCUT2D eigenvalue weighted by molar-refractivity contribution is -0.134. The van der Waals surface area contributed by atoms with Gasteiger partial charge in [0.25, 0.3) is 0 Å². The molecule has 0 saturated carbocycles. The first-order chi connectivity index (χ1) is 9.13. The average molecular weight is 258 g/mol. The summed E-state index contributed by atoms with van der Waals surface area (Å²) in [6.07, 6.45) is 2.56. The van der Waals surface area contributed by atoms with Gasteiger partial charge in [0, 0.05) is 19.1 Å². The van der Waals surface area contributed by atoms with E-state index in [1.165, 1.54) is 11.1 Å². The van der Waals surface area contributed by atoms with Crippen molar-refractivity contribution in [3.05, 3.63) is 48.0 Å². The number of benzene rings is 1. The molecule has 1 heterocycles. The van der Waals surface area contributed by atoms with Gasteiger partial charge in [-0.2, -0.15) is 0 Å². The summed E-state index contributed by atoms with van der Waals surface area (Å²) >= 11 is 0. The number of hydrogen-bond acceptors (Lipinski definition) is 2. The van der Waals surface area contributed by atoms with Gasteiger partial charge in [-0.25, -0.2) is 0 Å². The maximum absolute atomic E-state index is 12.6. The van der Waals surface area contributed by atoms with E-state index >= 15 is 0 Å². The van der Waals surface area contributed by atoms with Crippen LogP contribution in [0.25, 0.3) is 0 Å². The number of fused-ring (bicyclic) bond motifs is 1. The normalized spacial score (nSPS) is 17.9. The molecule has 102 valence electrons. The minimum atomic E-state index is -0.114. The highest BCUT2D eigenvalue weighted by atomic mass is 16.2. The van der Waals surface area contributed by atoms with Crippen LogP contribution in [-0.2, 0) is 17.8 Å². The van der Waals surface area contributed by atoms with Crippen molar-refractivity contribution in [3.8, 4) is 0 Å². The van der Waals surface area contributed by atoms with Gasteiger partial charge in [-0.3, -0.25) is 4.79 Å². The van der Waals surface area contributed by atoms with Gasteiger partial charge in [0.15, 0.2) is 0 Å². The predicted molar refractivity (Wildman–Crippen MR) is 77.8 cm³/mol. The van der Waals surface area contributed by atoms with Gasteiger partial charge in [0.1, 0.15) is 0 Å². The quantitative estimate of drug-likeness (QED) is 0.839. The van der Waals surface area contributed by atoms with E-state index in [1.807, 2.05) is 30.9 Å². The summed E-state index contributed by atoms with van der Waals surface area (Å²) in [5.74, 6) is 0.171. The number of carbonyl (C=O) groups excluding carboxylic acids is 1.